The lowest BCUT2D eigenvalue weighted by Gasteiger charge is -2.03. The standard InChI is InChI=1S/C10H14O4/c1-4-7-13-9(11)5-6-10(12)14-8(2)3/h4-6,8H,1,7H2,2-3H3. The number of hydrogen-bond acceptors (Lipinski definition) is 4. The largest absolute Gasteiger partial charge is 0.460 e. The summed E-state index contributed by atoms with van der Waals surface area (Å²) in [6, 6.07) is 0. The summed E-state index contributed by atoms with van der Waals surface area (Å²) < 4.78 is 9.35. The van der Waals surface area contributed by atoms with E-state index in [1.807, 2.05) is 0 Å². The van der Waals surface area contributed by atoms with Crippen molar-refractivity contribution >= 4 is 11.9 Å². The lowest BCUT2D eigenvalue weighted by atomic mass is 10.4. The number of hydrogen-bond donors (Lipinski definition) is 0. The van der Waals surface area contributed by atoms with Crippen molar-refractivity contribution in [2.45, 2.75) is 20.0 Å². The number of ether oxygens (including phenoxy) is 2. The zero-order valence-corrected chi connectivity index (χ0v) is 8.36. The molecule has 4 nitrogen and oxygen atoms in total. The Balaban J connectivity index is 3.85. The fourth-order valence-electron chi connectivity index (χ4n) is 0.597. The Morgan fingerprint density at radius 1 is 1.29 bits per heavy atom. The molecular formula is C10H14O4. The Labute approximate surface area is 83.2 Å². The third-order valence-corrected chi connectivity index (χ3v) is 1.05. The highest BCUT2D eigenvalue weighted by molar-refractivity contribution is 5.91. The fourth-order valence-corrected chi connectivity index (χ4v) is 0.597. The molecule has 0 aromatic heterocycles. The molecule has 14 heavy (non-hydrogen) atoms. The minimum atomic E-state index is -0.592. The Kier molecular flexibility index (Phi) is 6.11. The van der Waals surface area contributed by atoms with Gasteiger partial charge >= 0.3 is 11.9 Å². The van der Waals surface area contributed by atoms with E-state index >= 15 is 0 Å². The second-order valence-electron chi connectivity index (χ2n) is 2.74. The molecule has 0 aliphatic carbocycles. The summed E-state index contributed by atoms with van der Waals surface area (Å²) in [5, 5.41) is 0. The van der Waals surface area contributed by atoms with Gasteiger partial charge in [0.25, 0.3) is 0 Å². The van der Waals surface area contributed by atoms with Crippen LogP contribution in [0.1, 0.15) is 13.8 Å². The molecule has 0 N–H and O–H groups in total. The van der Waals surface area contributed by atoms with Gasteiger partial charge in [0.2, 0.25) is 0 Å². The van der Waals surface area contributed by atoms with Gasteiger partial charge in [0.1, 0.15) is 6.61 Å². The molecule has 78 valence electrons. The summed E-state index contributed by atoms with van der Waals surface area (Å²) in [5.74, 6) is -1.15. The molecule has 0 saturated carbocycles. The van der Waals surface area contributed by atoms with Crippen molar-refractivity contribution in [1.82, 2.24) is 0 Å². The third kappa shape index (κ3) is 7.09. The summed E-state index contributed by atoms with van der Waals surface area (Å²) in [6.45, 7) is 6.95. The van der Waals surface area contributed by atoms with E-state index < -0.39 is 11.9 Å². The van der Waals surface area contributed by atoms with E-state index in [9.17, 15) is 9.59 Å². The van der Waals surface area contributed by atoms with Crippen LogP contribution in [0.2, 0.25) is 0 Å². The van der Waals surface area contributed by atoms with Gasteiger partial charge in [0.15, 0.2) is 0 Å². The Bertz CT molecular complexity index is 241. The lowest BCUT2D eigenvalue weighted by molar-refractivity contribution is -0.142. The van der Waals surface area contributed by atoms with E-state index in [4.69, 9.17) is 4.74 Å². The zero-order valence-electron chi connectivity index (χ0n) is 8.36. The quantitative estimate of drug-likeness (QED) is 0.378. The molecule has 0 saturated heterocycles. The number of rotatable bonds is 5. The number of carbonyl (C=O) groups excluding carboxylic acids is 2. The van der Waals surface area contributed by atoms with Gasteiger partial charge < -0.3 is 9.47 Å². The molecule has 0 amide bonds. The van der Waals surface area contributed by atoms with Gasteiger partial charge in [0, 0.05) is 12.2 Å². The molecule has 0 aromatic rings. The SMILES string of the molecule is C=CCOC(=O)C=CC(=O)OC(C)C. The van der Waals surface area contributed by atoms with Gasteiger partial charge in [-0.2, -0.15) is 0 Å². The average Bonchev–Trinajstić information content (AvgIpc) is 2.10. The highest BCUT2D eigenvalue weighted by Gasteiger charge is 2.01. The molecule has 0 fully saturated rings. The van der Waals surface area contributed by atoms with Gasteiger partial charge in [-0.25, -0.2) is 9.59 Å². The van der Waals surface area contributed by atoms with Crippen LogP contribution in [0, 0.1) is 0 Å². The predicted octanol–water partition coefficient (Wildman–Crippen LogP) is 1.22. The maximum absolute atomic E-state index is 10.9. The van der Waals surface area contributed by atoms with Crippen LogP contribution >= 0.6 is 0 Å². The van der Waals surface area contributed by atoms with Gasteiger partial charge in [-0.1, -0.05) is 12.7 Å². The van der Waals surface area contributed by atoms with Gasteiger partial charge in [0.05, 0.1) is 6.10 Å². The van der Waals surface area contributed by atoms with Crippen LogP contribution in [0.3, 0.4) is 0 Å². The number of carbonyl (C=O) groups is 2. The van der Waals surface area contributed by atoms with Crippen LogP contribution in [-0.2, 0) is 19.1 Å². The van der Waals surface area contributed by atoms with Crippen LogP contribution in [0.4, 0.5) is 0 Å². The van der Waals surface area contributed by atoms with Crippen molar-refractivity contribution in [2.24, 2.45) is 0 Å². The molecule has 0 aliphatic rings. The predicted molar refractivity (Wildman–Crippen MR) is 51.5 cm³/mol. The van der Waals surface area contributed by atoms with Crippen molar-refractivity contribution < 1.29 is 19.1 Å². The van der Waals surface area contributed by atoms with E-state index in [0.717, 1.165) is 12.2 Å². The minimum Gasteiger partial charge on any atom is -0.460 e. The normalized spacial score (nSPS) is 10.2. The first-order valence-corrected chi connectivity index (χ1v) is 4.22. The van der Waals surface area contributed by atoms with Crippen molar-refractivity contribution in [3.05, 3.63) is 24.8 Å². The molecule has 0 spiro atoms. The van der Waals surface area contributed by atoms with E-state index in [1.54, 1.807) is 13.8 Å². The van der Waals surface area contributed by atoms with Crippen LogP contribution in [0.5, 0.6) is 0 Å². The molecule has 0 radical (unpaired) electrons. The first-order chi connectivity index (χ1) is 6.56. The molecule has 4 heteroatoms. The van der Waals surface area contributed by atoms with E-state index in [0.29, 0.717) is 0 Å². The van der Waals surface area contributed by atoms with Gasteiger partial charge in [-0.05, 0) is 13.8 Å². The lowest BCUT2D eigenvalue weighted by Crippen LogP contribution is -2.09. The van der Waals surface area contributed by atoms with Crippen molar-refractivity contribution in [3.8, 4) is 0 Å². The van der Waals surface area contributed by atoms with Gasteiger partial charge in [-0.3, -0.25) is 0 Å². The zero-order chi connectivity index (χ0) is 11.0. The highest BCUT2D eigenvalue weighted by Crippen LogP contribution is 1.91. The monoisotopic (exact) mass is 198 g/mol. The second-order valence-corrected chi connectivity index (χ2v) is 2.74. The molecule has 0 aliphatic heterocycles. The smallest absolute Gasteiger partial charge is 0.331 e. The average molecular weight is 198 g/mol. The van der Waals surface area contributed by atoms with Crippen LogP contribution in [0.25, 0.3) is 0 Å². The maximum Gasteiger partial charge on any atom is 0.331 e. The molecule has 0 bridgehead atoms. The van der Waals surface area contributed by atoms with E-state index in [2.05, 4.69) is 11.3 Å². The summed E-state index contributed by atoms with van der Waals surface area (Å²) >= 11 is 0. The second kappa shape index (κ2) is 6.88. The Hall–Kier alpha value is -1.58. The van der Waals surface area contributed by atoms with Gasteiger partial charge in [-0.15, -0.1) is 0 Å². The summed E-state index contributed by atoms with van der Waals surface area (Å²) in [4.78, 5) is 21.7. The van der Waals surface area contributed by atoms with Crippen LogP contribution in [-0.4, -0.2) is 24.6 Å². The maximum atomic E-state index is 10.9. The topological polar surface area (TPSA) is 52.6 Å². The Morgan fingerprint density at radius 2 is 1.86 bits per heavy atom. The first-order valence-electron chi connectivity index (χ1n) is 4.22. The van der Waals surface area contributed by atoms with Crippen LogP contribution < -0.4 is 0 Å². The molecule has 0 rings (SSSR count). The molecule has 0 heterocycles. The summed E-state index contributed by atoms with van der Waals surface area (Å²) in [5.41, 5.74) is 0. The fraction of sp³-hybridized carbons (Fsp3) is 0.400. The van der Waals surface area contributed by atoms with Crippen LogP contribution in [0.15, 0.2) is 24.8 Å². The molecule has 0 atom stereocenters. The molecular weight excluding hydrogens is 184 g/mol. The van der Waals surface area contributed by atoms with Crippen molar-refractivity contribution in [3.63, 3.8) is 0 Å². The van der Waals surface area contributed by atoms with E-state index in [1.165, 1.54) is 6.08 Å². The summed E-state index contributed by atoms with van der Waals surface area (Å²) in [6.07, 6.45) is 3.30. The highest BCUT2D eigenvalue weighted by atomic mass is 16.5. The summed E-state index contributed by atoms with van der Waals surface area (Å²) in [7, 11) is 0. The molecule has 0 unspecified atom stereocenters. The van der Waals surface area contributed by atoms with Crippen molar-refractivity contribution in [2.75, 3.05) is 6.61 Å². The third-order valence-electron chi connectivity index (χ3n) is 1.05. The molecule has 0 aromatic carbocycles. The van der Waals surface area contributed by atoms with Crippen molar-refractivity contribution in [1.29, 1.82) is 0 Å². The number of esters is 2. The first kappa shape index (κ1) is 12.4. The minimum absolute atomic E-state index is 0.127. The Morgan fingerprint density at radius 3 is 2.36 bits per heavy atom. The van der Waals surface area contributed by atoms with E-state index in [-0.39, 0.29) is 12.7 Å².